The van der Waals surface area contributed by atoms with Gasteiger partial charge in [-0.3, -0.25) is 0 Å². The zero-order valence-corrected chi connectivity index (χ0v) is 11.4. The largest absolute Gasteiger partial charge is 0.388 e. The molecule has 0 amide bonds. The fourth-order valence-electron chi connectivity index (χ4n) is 1.76. The van der Waals surface area contributed by atoms with Gasteiger partial charge in [-0.2, -0.15) is 0 Å². The van der Waals surface area contributed by atoms with Gasteiger partial charge in [0.05, 0.1) is 6.10 Å². The van der Waals surface area contributed by atoms with Crippen LogP contribution in [-0.2, 0) is 5.75 Å². The molecular weight excluding hydrogens is 240 g/mol. The number of rotatable bonds is 5. The Labute approximate surface area is 113 Å². The maximum atomic E-state index is 9.72. The van der Waals surface area contributed by atoms with Crippen molar-refractivity contribution in [2.75, 3.05) is 0 Å². The van der Waals surface area contributed by atoms with Crippen LogP contribution < -0.4 is 0 Å². The van der Waals surface area contributed by atoms with Crippen molar-refractivity contribution in [1.82, 2.24) is 0 Å². The third-order valence-electron chi connectivity index (χ3n) is 2.90. The molecule has 0 unspecified atom stereocenters. The summed E-state index contributed by atoms with van der Waals surface area (Å²) in [7, 11) is 0. The zero-order valence-electron chi connectivity index (χ0n) is 10.5. The monoisotopic (exact) mass is 258 g/mol. The molecule has 0 radical (unpaired) electrons. The third kappa shape index (κ3) is 3.62. The smallest absolute Gasteiger partial charge is 0.0787 e. The van der Waals surface area contributed by atoms with Crippen molar-refractivity contribution >= 4 is 11.8 Å². The first-order valence-corrected chi connectivity index (χ1v) is 7.23. The van der Waals surface area contributed by atoms with Crippen molar-refractivity contribution in [3.8, 4) is 0 Å². The van der Waals surface area contributed by atoms with Gasteiger partial charge in [0.15, 0.2) is 0 Å². The predicted octanol–water partition coefficient (Wildman–Crippen LogP) is 4.42. The first-order valence-electron chi connectivity index (χ1n) is 6.24. The van der Waals surface area contributed by atoms with Gasteiger partial charge in [0.25, 0.3) is 0 Å². The minimum absolute atomic E-state index is 0.335. The van der Waals surface area contributed by atoms with Crippen LogP contribution in [0.2, 0.25) is 0 Å². The Kier molecular flexibility index (Phi) is 4.85. The highest BCUT2D eigenvalue weighted by Gasteiger charge is 2.04. The van der Waals surface area contributed by atoms with Crippen LogP contribution in [0.3, 0.4) is 0 Å². The van der Waals surface area contributed by atoms with Gasteiger partial charge in [-0.05, 0) is 29.7 Å². The molecule has 0 aliphatic carbocycles. The quantitative estimate of drug-likeness (QED) is 0.801. The Balaban J connectivity index is 1.94. The lowest BCUT2D eigenvalue weighted by Gasteiger charge is -2.08. The highest BCUT2D eigenvalue weighted by molar-refractivity contribution is 7.98. The second-order valence-corrected chi connectivity index (χ2v) is 5.32. The highest BCUT2D eigenvalue weighted by atomic mass is 32.2. The van der Waals surface area contributed by atoms with Crippen molar-refractivity contribution in [2.24, 2.45) is 0 Å². The molecule has 94 valence electrons. The fraction of sp³-hybridized carbons (Fsp3) is 0.250. The maximum absolute atomic E-state index is 9.72. The van der Waals surface area contributed by atoms with E-state index in [2.05, 4.69) is 36.4 Å². The lowest BCUT2D eigenvalue weighted by molar-refractivity contribution is 0.173. The Bertz CT molecular complexity index is 464. The minimum atomic E-state index is -0.335. The van der Waals surface area contributed by atoms with Crippen LogP contribution in [0.1, 0.15) is 30.6 Å². The van der Waals surface area contributed by atoms with E-state index in [0.717, 1.165) is 17.7 Å². The number of benzene rings is 2. The van der Waals surface area contributed by atoms with Gasteiger partial charge in [0.2, 0.25) is 0 Å². The second kappa shape index (κ2) is 6.62. The lowest BCUT2D eigenvalue weighted by Crippen LogP contribution is -1.94. The molecule has 0 saturated heterocycles. The molecule has 1 N–H and O–H groups in total. The van der Waals surface area contributed by atoms with E-state index in [1.165, 1.54) is 10.5 Å². The van der Waals surface area contributed by atoms with Gasteiger partial charge >= 0.3 is 0 Å². The molecular formula is C16H18OS. The zero-order chi connectivity index (χ0) is 12.8. The Morgan fingerprint density at radius 2 is 1.67 bits per heavy atom. The summed E-state index contributed by atoms with van der Waals surface area (Å²) in [4.78, 5) is 1.24. The average Bonchev–Trinajstić information content (AvgIpc) is 2.46. The molecule has 1 atom stereocenters. The summed E-state index contributed by atoms with van der Waals surface area (Å²) in [6.45, 7) is 1.99. The number of aliphatic hydroxyl groups is 1. The van der Waals surface area contributed by atoms with E-state index in [-0.39, 0.29) is 6.10 Å². The topological polar surface area (TPSA) is 20.2 Å². The number of hydrogen-bond donors (Lipinski definition) is 1. The first kappa shape index (κ1) is 13.2. The van der Waals surface area contributed by atoms with Crippen molar-refractivity contribution in [2.45, 2.75) is 30.1 Å². The SMILES string of the molecule is CC[C@H](O)c1ccc(SCc2ccccc2)cc1. The van der Waals surface area contributed by atoms with Gasteiger partial charge in [0.1, 0.15) is 0 Å². The summed E-state index contributed by atoms with van der Waals surface area (Å²) in [5.74, 6) is 0.983. The molecule has 0 aliphatic rings. The molecule has 0 aromatic heterocycles. The van der Waals surface area contributed by atoms with Crippen LogP contribution in [0.4, 0.5) is 0 Å². The Hall–Kier alpha value is -1.25. The molecule has 2 aromatic rings. The molecule has 2 rings (SSSR count). The van der Waals surface area contributed by atoms with E-state index in [0.29, 0.717) is 0 Å². The average molecular weight is 258 g/mol. The van der Waals surface area contributed by atoms with Crippen molar-refractivity contribution in [3.05, 3.63) is 65.7 Å². The Morgan fingerprint density at radius 1 is 1.00 bits per heavy atom. The van der Waals surface area contributed by atoms with Crippen LogP contribution in [0, 0.1) is 0 Å². The van der Waals surface area contributed by atoms with Gasteiger partial charge in [-0.25, -0.2) is 0 Å². The maximum Gasteiger partial charge on any atom is 0.0787 e. The van der Waals surface area contributed by atoms with Crippen LogP contribution in [0.5, 0.6) is 0 Å². The van der Waals surface area contributed by atoms with Crippen molar-refractivity contribution < 1.29 is 5.11 Å². The normalized spacial score (nSPS) is 12.3. The summed E-state index contributed by atoms with van der Waals surface area (Å²) >= 11 is 1.82. The predicted molar refractivity (Wildman–Crippen MR) is 77.7 cm³/mol. The van der Waals surface area contributed by atoms with Gasteiger partial charge in [0, 0.05) is 10.6 Å². The lowest BCUT2D eigenvalue weighted by atomic mass is 10.1. The fourth-order valence-corrected chi connectivity index (χ4v) is 2.62. The number of hydrogen-bond acceptors (Lipinski definition) is 2. The van der Waals surface area contributed by atoms with Crippen LogP contribution in [0.15, 0.2) is 59.5 Å². The molecule has 0 saturated carbocycles. The van der Waals surface area contributed by atoms with E-state index in [9.17, 15) is 5.11 Å². The van der Waals surface area contributed by atoms with E-state index < -0.39 is 0 Å². The molecule has 18 heavy (non-hydrogen) atoms. The highest BCUT2D eigenvalue weighted by Crippen LogP contribution is 2.25. The molecule has 0 spiro atoms. The Morgan fingerprint density at radius 3 is 2.28 bits per heavy atom. The molecule has 0 aliphatic heterocycles. The third-order valence-corrected chi connectivity index (χ3v) is 3.98. The van der Waals surface area contributed by atoms with Gasteiger partial charge in [-0.1, -0.05) is 49.4 Å². The van der Waals surface area contributed by atoms with Crippen molar-refractivity contribution in [3.63, 3.8) is 0 Å². The molecule has 0 fully saturated rings. The molecule has 1 nitrogen and oxygen atoms in total. The molecule has 0 heterocycles. The first-order chi connectivity index (χ1) is 8.79. The summed E-state index contributed by atoms with van der Waals surface area (Å²) in [5.41, 5.74) is 2.33. The minimum Gasteiger partial charge on any atom is -0.388 e. The van der Waals surface area contributed by atoms with Gasteiger partial charge in [-0.15, -0.1) is 11.8 Å². The van der Waals surface area contributed by atoms with E-state index >= 15 is 0 Å². The van der Waals surface area contributed by atoms with Crippen LogP contribution in [-0.4, -0.2) is 5.11 Å². The number of thioether (sulfide) groups is 1. The van der Waals surface area contributed by atoms with E-state index in [1.54, 1.807) is 0 Å². The summed E-state index contributed by atoms with van der Waals surface area (Å²) in [6, 6.07) is 18.7. The van der Waals surface area contributed by atoms with Gasteiger partial charge < -0.3 is 5.11 Å². The summed E-state index contributed by atoms with van der Waals surface area (Å²) < 4.78 is 0. The summed E-state index contributed by atoms with van der Waals surface area (Å²) in [6.07, 6.45) is 0.425. The van der Waals surface area contributed by atoms with Crippen LogP contribution in [0.25, 0.3) is 0 Å². The van der Waals surface area contributed by atoms with Crippen molar-refractivity contribution in [1.29, 1.82) is 0 Å². The molecule has 2 heteroatoms. The molecule has 2 aromatic carbocycles. The van der Waals surface area contributed by atoms with E-state index in [4.69, 9.17) is 0 Å². The molecule has 0 bridgehead atoms. The van der Waals surface area contributed by atoms with Crippen LogP contribution >= 0.6 is 11.8 Å². The van der Waals surface area contributed by atoms with E-state index in [1.807, 2.05) is 36.9 Å². The number of aliphatic hydroxyl groups excluding tert-OH is 1. The second-order valence-electron chi connectivity index (χ2n) is 4.27. The summed E-state index contributed by atoms with van der Waals surface area (Å²) in [5, 5.41) is 9.72. The standard InChI is InChI=1S/C16H18OS/c1-2-16(17)14-8-10-15(11-9-14)18-12-13-6-4-3-5-7-13/h3-11,16-17H,2,12H2,1H3/t16-/m0/s1.